The van der Waals surface area contributed by atoms with E-state index in [4.69, 9.17) is 22.2 Å². The molecule has 6 rings (SSSR count). The number of nitrogens with zero attached hydrogens (tertiary/aromatic N) is 5. The van der Waals surface area contributed by atoms with Gasteiger partial charge in [-0.05, 0) is 26.0 Å². The maximum atomic E-state index is 13.5. The van der Waals surface area contributed by atoms with Crippen LogP contribution in [0.25, 0.3) is 37.7 Å². The van der Waals surface area contributed by atoms with Crippen LogP contribution >= 0.6 is 46.7 Å². The van der Waals surface area contributed by atoms with Crippen LogP contribution in [0, 0.1) is 0 Å². The summed E-state index contributed by atoms with van der Waals surface area (Å²) < 4.78 is 5.26. The molecule has 1 aliphatic heterocycles. The zero-order valence-electron chi connectivity index (χ0n) is 20.5. The number of thiocarbonyl (C=S) groups is 1. The summed E-state index contributed by atoms with van der Waals surface area (Å²) in [7, 11) is 0. The molecule has 0 atom stereocenters. The Labute approximate surface area is 235 Å². The molecule has 1 amide bonds. The summed E-state index contributed by atoms with van der Waals surface area (Å²) in [6, 6.07) is 19.9. The number of benzene rings is 2. The molecule has 7 nitrogen and oxygen atoms in total. The number of imidazole rings is 1. The van der Waals surface area contributed by atoms with Gasteiger partial charge in [0.1, 0.15) is 24.7 Å². The molecule has 0 radical (unpaired) electrons. The Morgan fingerprint density at radius 1 is 0.921 bits per heavy atom. The average molecular weight is 576 g/mol. The summed E-state index contributed by atoms with van der Waals surface area (Å²) in [6.07, 6.45) is 1.80. The number of carbonyl (C=O) groups excluding carboxylic acids is 1. The molecule has 38 heavy (non-hydrogen) atoms. The van der Waals surface area contributed by atoms with E-state index in [0.29, 0.717) is 37.3 Å². The summed E-state index contributed by atoms with van der Waals surface area (Å²) in [6.45, 7) is 4.73. The summed E-state index contributed by atoms with van der Waals surface area (Å²) in [4.78, 5) is 39.2. The van der Waals surface area contributed by atoms with E-state index in [1.54, 1.807) is 15.5 Å². The van der Waals surface area contributed by atoms with E-state index < -0.39 is 0 Å². The lowest BCUT2D eigenvalue weighted by molar-refractivity contribution is -0.120. The van der Waals surface area contributed by atoms with E-state index in [-0.39, 0.29) is 11.5 Å². The van der Waals surface area contributed by atoms with Crippen LogP contribution in [0.2, 0.25) is 0 Å². The van der Waals surface area contributed by atoms with Gasteiger partial charge in [-0.2, -0.15) is 0 Å². The number of para-hydroxylation sites is 1. The molecule has 5 aromatic rings. The number of aromatic nitrogens is 4. The average Bonchev–Trinajstić information content (AvgIpc) is 3.65. The molecule has 0 bridgehead atoms. The first-order chi connectivity index (χ1) is 18.5. The van der Waals surface area contributed by atoms with Gasteiger partial charge in [0.25, 0.3) is 11.5 Å². The SMILES string of the molecule is CCN1C(=O)/C(=c2\s/c(=C/c3nc4sc(-c5ccccc5)nc4n3-c3ccccc3)c(=O)n2CC)SC1=S. The highest BCUT2D eigenvalue weighted by molar-refractivity contribution is 8.30. The molecule has 0 aliphatic carbocycles. The van der Waals surface area contributed by atoms with Crippen molar-refractivity contribution >= 4 is 78.3 Å². The largest absolute Gasteiger partial charge is 0.298 e. The zero-order valence-corrected chi connectivity index (χ0v) is 23.7. The van der Waals surface area contributed by atoms with Gasteiger partial charge >= 0.3 is 0 Å². The third-order valence-electron chi connectivity index (χ3n) is 6.13. The monoisotopic (exact) mass is 575 g/mol. The predicted molar refractivity (Wildman–Crippen MR) is 160 cm³/mol. The Bertz CT molecular complexity index is 1880. The third kappa shape index (κ3) is 4.15. The molecule has 4 heterocycles. The second-order valence-corrected chi connectivity index (χ2v) is 12.0. The Balaban J connectivity index is 1.58. The summed E-state index contributed by atoms with van der Waals surface area (Å²) in [5, 5.41) is 0.885. The van der Waals surface area contributed by atoms with Gasteiger partial charge in [0.05, 0.1) is 4.53 Å². The number of hydrogen-bond donors (Lipinski definition) is 0. The van der Waals surface area contributed by atoms with Crippen molar-refractivity contribution in [3.63, 3.8) is 0 Å². The van der Waals surface area contributed by atoms with Gasteiger partial charge in [0.2, 0.25) is 0 Å². The zero-order chi connectivity index (χ0) is 26.4. The number of hydrogen-bond acceptors (Lipinski definition) is 8. The minimum absolute atomic E-state index is 0.151. The van der Waals surface area contributed by atoms with E-state index in [2.05, 4.69) is 0 Å². The molecule has 2 aromatic carbocycles. The van der Waals surface area contributed by atoms with Crippen molar-refractivity contribution in [3.05, 3.63) is 86.0 Å². The van der Waals surface area contributed by atoms with Gasteiger partial charge < -0.3 is 0 Å². The van der Waals surface area contributed by atoms with Crippen molar-refractivity contribution in [1.29, 1.82) is 0 Å². The highest BCUT2D eigenvalue weighted by atomic mass is 32.2. The lowest BCUT2D eigenvalue weighted by Crippen LogP contribution is -2.33. The van der Waals surface area contributed by atoms with Crippen LogP contribution in [-0.2, 0) is 11.3 Å². The Kier molecular flexibility index (Phi) is 6.60. The number of thioether (sulfide) groups is 1. The molecule has 1 aliphatic rings. The molecule has 3 aromatic heterocycles. The molecule has 1 saturated heterocycles. The Morgan fingerprint density at radius 3 is 2.29 bits per heavy atom. The number of thiazole rings is 2. The molecular weight excluding hydrogens is 555 g/mol. The van der Waals surface area contributed by atoms with Gasteiger partial charge in [-0.3, -0.25) is 23.6 Å². The number of rotatable bonds is 5. The van der Waals surface area contributed by atoms with E-state index in [1.807, 2.05) is 79.1 Å². The number of fused-ring (bicyclic) bond motifs is 1. The van der Waals surface area contributed by atoms with Crippen molar-refractivity contribution in [2.45, 2.75) is 20.4 Å². The van der Waals surface area contributed by atoms with Crippen molar-refractivity contribution in [1.82, 2.24) is 24.0 Å². The van der Waals surface area contributed by atoms with Crippen molar-refractivity contribution in [3.8, 4) is 16.3 Å². The van der Waals surface area contributed by atoms with Gasteiger partial charge in [-0.25, -0.2) is 9.97 Å². The Hall–Kier alpha value is -3.38. The fourth-order valence-electron chi connectivity index (χ4n) is 4.31. The minimum atomic E-state index is -0.154. The number of amides is 1. The first-order valence-electron chi connectivity index (χ1n) is 12.0. The molecule has 11 heteroatoms. The highest BCUT2D eigenvalue weighted by Crippen LogP contribution is 2.33. The van der Waals surface area contributed by atoms with Crippen LogP contribution in [0.15, 0.2) is 65.5 Å². The van der Waals surface area contributed by atoms with Gasteiger partial charge in [0, 0.05) is 30.4 Å². The topological polar surface area (TPSA) is 73.0 Å². The maximum Gasteiger partial charge on any atom is 0.269 e. The van der Waals surface area contributed by atoms with Gasteiger partial charge in [-0.15, -0.1) is 11.3 Å². The third-order valence-corrected chi connectivity index (χ3v) is 9.81. The van der Waals surface area contributed by atoms with Crippen LogP contribution in [0.1, 0.15) is 19.7 Å². The normalized spacial score (nSPS) is 15.8. The standard InChI is InChI=1S/C27H21N5O2S4/c1-3-30-24(33)18(36-26(30)20-25(34)31(4-2)27(35)37-20)15-19-28-23-21(32(19)17-13-9-6-10-14-17)29-22(38-23)16-11-7-5-8-12-16/h5-15H,3-4H2,1-2H3/b18-15+,26-20+. The Morgan fingerprint density at radius 2 is 1.63 bits per heavy atom. The summed E-state index contributed by atoms with van der Waals surface area (Å²) >= 11 is 9.47. The molecule has 0 N–H and O–H groups in total. The first kappa shape index (κ1) is 24.9. The van der Waals surface area contributed by atoms with E-state index >= 15 is 0 Å². The maximum absolute atomic E-state index is 13.5. The van der Waals surface area contributed by atoms with E-state index in [1.165, 1.54) is 34.4 Å². The first-order valence-corrected chi connectivity index (χ1v) is 14.8. The van der Waals surface area contributed by atoms with E-state index in [9.17, 15) is 9.59 Å². The van der Waals surface area contributed by atoms with Crippen LogP contribution in [0.4, 0.5) is 0 Å². The van der Waals surface area contributed by atoms with Crippen LogP contribution in [0.3, 0.4) is 0 Å². The molecular formula is C27H21N5O2S4. The predicted octanol–water partition coefficient (Wildman–Crippen LogP) is 4.21. The summed E-state index contributed by atoms with van der Waals surface area (Å²) in [5.41, 5.74) is 2.51. The fraction of sp³-hybridized carbons (Fsp3) is 0.148. The van der Waals surface area contributed by atoms with Crippen LogP contribution in [0.5, 0.6) is 0 Å². The van der Waals surface area contributed by atoms with E-state index in [0.717, 1.165) is 26.7 Å². The van der Waals surface area contributed by atoms with Crippen molar-refractivity contribution < 1.29 is 4.79 Å². The van der Waals surface area contributed by atoms with Crippen LogP contribution in [-0.4, -0.2) is 40.8 Å². The second kappa shape index (κ2) is 10.1. The second-order valence-electron chi connectivity index (χ2n) is 8.37. The van der Waals surface area contributed by atoms with Gasteiger partial charge in [-0.1, -0.05) is 83.8 Å². The molecule has 0 saturated carbocycles. The molecule has 0 unspecified atom stereocenters. The lowest BCUT2D eigenvalue weighted by Gasteiger charge is -2.09. The molecule has 0 spiro atoms. The van der Waals surface area contributed by atoms with Crippen molar-refractivity contribution in [2.24, 2.45) is 0 Å². The number of carbonyl (C=O) groups is 1. The minimum Gasteiger partial charge on any atom is -0.298 e. The van der Waals surface area contributed by atoms with Crippen LogP contribution < -0.4 is 14.8 Å². The molecule has 1 fully saturated rings. The quantitative estimate of drug-likeness (QED) is 0.293. The molecule has 190 valence electrons. The highest BCUT2D eigenvalue weighted by Gasteiger charge is 2.33. The smallest absolute Gasteiger partial charge is 0.269 e. The van der Waals surface area contributed by atoms with Gasteiger partial charge in [0.15, 0.2) is 10.5 Å². The van der Waals surface area contributed by atoms with Crippen molar-refractivity contribution in [2.75, 3.05) is 6.54 Å². The lowest BCUT2D eigenvalue weighted by atomic mass is 10.2. The fourth-order valence-corrected chi connectivity index (χ4v) is 7.92. The summed E-state index contributed by atoms with van der Waals surface area (Å²) in [5.74, 6) is 0.459.